The molecule has 372 valence electrons. The van der Waals surface area contributed by atoms with Crippen LogP contribution in [0.4, 0.5) is 4.79 Å². The summed E-state index contributed by atoms with van der Waals surface area (Å²) in [7, 11) is -2.97. The molecule has 2 unspecified atom stereocenters. The highest BCUT2D eigenvalue weighted by Crippen LogP contribution is 2.27. The van der Waals surface area contributed by atoms with Crippen LogP contribution < -0.4 is 15.5 Å². The summed E-state index contributed by atoms with van der Waals surface area (Å²) in [4.78, 5) is 53.8. The number of amides is 3. The van der Waals surface area contributed by atoms with Gasteiger partial charge in [0, 0.05) is 64.8 Å². The summed E-state index contributed by atoms with van der Waals surface area (Å²) in [5.41, 5.74) is 3.88. The van der Waals surface area contributed by atoms with Crippen LogP contribution in [0.3, 0.4) is 0 Å². The van der Waals surface area contributed by atoms with E-state index in [2.05, 4.69) is 47.7 Å². The summed E-state index contributed by atoms with van der Waals surface area (Å²) < 4.78 is 45.4. The van der Waals surface area contributed by atoms with Crippen LogP contribution in [0.1, 0.15) is 71.8 Å². The van der Waals surface area contributed by atoms with Crippen molar-refractivity contribution in [2.45, 2.75) is 89.8 Å². The van der Waals surface area contributed by atoms with Crippen molar-refractivity contribution in [3.05, 3.63) is 84.4 Å². The van der Waals surface area contributed by atoms with E-state index in [0.29, 0.717) is 62.0 Å². The molecule has 1 fully saturated rings. The lowest BCUT2D eigenvalue weighted by atomic mass is 10.1. The maximum atomic E-state index is 14.2. The molecule has 3 N–H and O–H groups in total. The average molecular weight is 954 g/mol. The smallest absolute Gasteiger partial charge is 0.407 e. The van der Waals surface area contributed by atoms with Crippen molar-refractivity contribution in [3.63, 3.8) is 0 Å². The number of benzene rings is 3. The summed E-state index contributed by atoms with van der Waals surface area (Å²) in [6.07, 6.45) is 3.69. The van der Waals surface area contributed by atoms with E-state index in [1.54, 1.807) is 49.0 Å². The van der Waals surface area contributed by atoms with E-state index >= 15 is 0 Å². The highest BCUT2D eigenvalue weighted by atomic mass is 32.2. The molecule has 0 aliphatic carbocycles. The lowest BCUT2D eigenvalue weighted by Crippen LogP contribution is -2.50. The number of hydrogen-bond donors (Lipinski definition) is 3. The first-order chi connectivity index (χ1) is 32.4. The molecule has 1 heterocycles. The van der Waals surface area contributed by atoms with Crippen molar-refractivity contribution in [1.82, 2.24) is 34.9 Å². The van der Waals surface area contributed by atoms with Crippen molar-refractivity contribution >= 4 is 27.9 Å². The Balaban J connectivity index is 1.29. The molecule has 3 aromatic carbocycles. The monoisotopic (exact) mass is 954 g/mol. The average Bonchev–Trinajstić information content (AvgIpc) is 3.35. The van der Waals surface area contributed by atoms with Gasteiger partial charge in [-0.05, 0) is 99.6 Å². The van der Waals surface area contributed by atoms with Crippen molar-refractivity contribution in [2.75, 3.05) is 98.9 Å². The van der Waals surface area contributed by atoms with Gasteiger partial charge in [0.15, 0.2) is 0 Å². The van der Waals surface area contributed by atoms with Gasteiger partial charge in [0.05, 0.1) is 31.8 Å². The number of methoxy groups -OCH3 is 1. The first-order valence-corrected chi connectivity index (χ1v) is 25.2. The summed E-state index contributed by atoms with van der Waals surface area (Å²) in [6, 6.07) is 21.2. The third kappa shape index (κ3) is 18.4. The summed E-state index contributed by atoms with van der Waals surface area (Å²) in [5, 5.41) is 12.3. The molecule has 0 bridgehead atoms. The Morgan fingerprint density at radius 2 is 1.42 bits per heavy atom. The molecule has 67 heavy (non-hydrogen) atoms. The van der Waals surface area contributed by atoms with Gasteiger partial charge in [0.2, 0.25) is 5.91 Å². The Morgan fingerprint density at radius 1 is 0.776 bits per heavy atom. The van der Waals surface area contributed by atoms with Crippen LogP contribution in [-0.2, 0) is 40.5 Å². The van der Waals surface area contributed by atoms with E-state index in [-0.39, 0.29) is 43.6 Å². The lowest BCUT2D eigenvalue weighted by Gasteiger charge is -2.35. The Morgan fingerprint density at radius 3 is 2.03 bits per heavy atom. The molecule has 1 aliphatic rings. The zero-order valence-electron chi connectivity index (χ0n) is 40.3. The highest BCUT2D eigenvalue weighted by Gasteiger charge is 2.37. The lowest BCUT2D eigenvalue weighted by molar-refractivity contribution is -0.159. The highest BCUT2D eigenvalue weighted by molar-refractivity contribution is 7.89. The van der Waals surface area contributed by atoms with Crippen molar-refractivity contribution in [2.24, 2.45) is 0 Å². The fourth-order valence-corrected chi connectivity index (χ4v) is 9.42. The molecule has 4 rings (SSSR count). The van der Waals surface area contributed by atoms with E-state index < -0.39 is 28.1 Å². The van der Waals surface area contributed by atoms with Crippen LogP contribution in [-0.4, -0.2) is 167 Å². The first kappa shape index (κ1) is 54.9. The number of sulfonamides is 1. The van der Waals surface area contributed by atoms with E-state index in [0.717, 1.165) is 75.1 Å². The van der Waals surface area contributed by atoms with Gasteiger partial charge in [0.25, 0.3) is 15.9 Å². The predicted octanol–water partition coefficient (Wildman–Crippen LogP) is 5.64. The largest absolute Gasteiger partial charge is 0.497 e. The molecule has 0 radical (unpaired) electrons. The number of hydrogen-bond acceptors (Lipinski definition) is 13. The van der Waals surface area contributed by atoms with Gasteiger partial charge in [-0.15, -0.1) is 0 Å². The van der Waals surface area contributed by atoms with Crippen molar-refractivity contribution < 1.29 is 47.1 Å². The quantitative estimate of drug-likeness (QED) is 0.0410. The number of nitrogens with one attached hydrogen (secondary N) is 2. The van der Waals surface area contributed by atoms with Crippen LogP contribution in [0.2, 0.25) is 0 Å². The van der Waals surface area contributed by atoms with Gasteiger partial charge < -0.3 is 29.3 Å². The molecule has 1 aliphatic heterocycles. The van der Waals surface area contributed by atoms with Crippen LogP contribution in [0, 0.1) is 0 Å². The number of piperazine rings is 1. The molecule has 17 nitrogen and oxygen atoms in total. The van der Waals surface area contributed by atoms with Gasteiger partial charge in [0.1, 0.15) is 18.4 Å². The normalized spacial score (nSPS) is 14.3. The SMILES string of the molecule is CCCN(CCC)CCN(CCC)C(C)CCC(=O)N1CCN(CCOCCON(C(CCNC(=O)OCc2ccccc2)C(=O)NO)S(=O)(=O)c2ccc(-c3ccc(OC)cc3)cc2)CC1. The summed E-state index contributed by atoms with van der Waals surface area (Å²) in [5.74, 6) is -0.203. The molecule has 0 spiro atoms. The molecule has 18 heteroatoms. The summed E-state index contributed by atoms with van der Waals surface area (Å²) in [6.45, 7) is 17.4. The number of carbonyl (C=O) groups excluding carboxylic acids is 3. The number of ether oxygens (including phenoxy) is 3. The Hall–Kier alpha value is -4.66. The molecule has 3 amide bonds. The van der Waals surface area contributed by atoms with Crippen LogP contribution in [0.25, 0.3) is 11.1 Å². The van der Waals surface area contributed by atoms with Crippen LogP contribution in [0.15, 0.2) is 83.8 Å². The third-order valence-electron chi connectivity index (χ3n) is 11.8. The number of hydroxylamine groups is 2. The van der Waals surface area contributed by atoms with E-state index in [1.165, 1.54) is 12.1 Å². The van der Waals surface area contributed by atoms with E-state index in [9.17, 15) is 28.0 Å². The third-order valence-corrected chi connectivity index (χ3v) is 13.5. The minimum Gasteiger partial charge on any atom is -0.497 e. The second-order valence-corrected chi connectivity index (χ2v) is 18.5. The van der Waals surface area contributed by atoms with Gasteiger partial charge in [-0.1, -0.05) is 79.8 Å². The van der Waals surface area contributed by atoms with E-state index in [4.69, 9.17) is 19.0 Å². The Kier molecular flexibility index (Phi) is 24.6. The molecule has 3 aromatic rings. The van der Waals surface area contributed by atoms with Gasteiger partial charge in [-0.2, -0.15) is 0 Å². The molecular formula is C49H75N7O10S. The molecule has 1 saturated heterocycles. The zero-order chi connectivity index (χ0) is 48.4. The molecule has 2 atom stereocenters. The van der Waals surface area contributed by atoms with Crippen molar-refractivity contribution in [3.8, 4) is 16.9 Å². The number of rotatable bonds is 31. The minimum atomic E-state index is -4.54. The van der Waals surface area contributed by atoms with Crippen molar-refractivity contribution in [1.29, 1.82) is 0 Å². The number of carbonyl (C=O) groups is 3. The van der Waals surface area contributed by atoms with Crippen LogP contribution >= 0.6 is 0 Å². The van der Waals surface area contributed by atoms with Gasteiger partial charge in [-0.3, -0.25) is 29.4 Å². The topological polar surface area (TPSA) is 183 Å². The fraction of sp³-hybridized carbons (Fsp3) is 0.571. The van der Waals surface area contributed by atoms with Gasteiger partial charge >= 0.3 is 6.09 Å². The first-order valence-electron chi connectivity index (χ1n) is 23.8. The van der Waals surface area contributed by atoms with Crippen LogP contribution in [0.5, 0.6) is 5.75 Å². The second-order valence-electron chi connectivity index (χ2n) is 16.7. The zero-order valence-corrected chi connectivity index (χ0v) is 41.1. The molecule has 0 aromatic heterocycles. The number of alkyl carbamates (subject to hydrolysis) is 1. The minimum absolute atomic E-state index is 0.00892. The summed E-state index contributed by atoms with van der Waals surface area (Å²) >= 11 is 0. The Labute approximate surface area is 398 Å². The standard InChI is InChI=1S/C49H75N7O10S/c1-6-26-52(27-7-2)29-32-54(28-8-3)40(4)14-23-47(57)55-33-30-53(31-34-55)35-36-64-37-38-66-56(46(48(58)51-60)24-25-50-49(59)65-39-41-12-10-9-11-13-41)67(61,62)45-21-17-43(18-22-45)42-15-19-44(63-5)20-16-42/h9-13,15-22,40,46,60H,6-8,14,23-39H2,1-5H3,(H,50,59)(H,51,58). The molecular weight excluding hydrogens is 879 g/mol. The van der Waals surface area contributed by atoms with Gasteiger partial charge in [-0.25, -0.2) is 18.7 Å². The Bertz CT molecular complexity index is 1980. The molecule has 0 saturated carbocycles. The maximum Gasteiger partial charge on any atom is 0.407 e. The second kappa shape index (κ2) is 30.0. The van der Waals surface area contributed by atoms with E-state index in [1.807, 2.05) is 35.2 Å². The predicted molar refractivity (Wildman–Crippen MR) is 258 cm³/mol. The number of nitrogens with zero attached hydrogens (tertiary/aromatic N) is 5. The fourth-order valence-electron chi connectivity index (χ4n) is 7.98. The maximum absolute atomic E-state index is 14.2.